The van der Waals surface area contributed by atoms with Crippen molar-refractivity contribution in [3.05, 3.63) is 12.2 Å². The first-order chi connectivity index (χ1) is 5.33. The molecule has 11 heavy (non-hydrogen) atoms. The van der Waals surface area contributed by atoms with Crippen LogP contribution < -0.4 is 5.32 Å². The highest BCUT2D eigenvalue weighted by atomic mass is 15.1. The number of rotatable bonds is 4. The minimum absolute atomic E-state index is 0.955. The van der Waals surface area contributed by atoms with Crippen molar-refractivity contribution in [2.75, 3.05) is 33.2 Å². The van der Waals surface area contributed by atoms with Crippen LogP contribution in [0, 0.1) is 0 Å². The SMILES string of the molecule is C=C(CNC)CN1CCCC1. The van der Waals surface area contributed by atoms with Gasteiger partial charge in [-0.2, -0.15) is 0 Å². The molecule has 0 unspecified atom stereocenters. The third kappa shape index (κ3) is 3.04. The zero-order chi connectivity index (χ0) is 8.10. The molecule has 0 atom stereocenters. The number of hydrogen-bond donors (Lipinski definition) is 1. The van der Waals surface area contributed by atoms with Crippen LogP contribution in [0.5, 0.6) is 0 Å². The summed E-state index contributed by atoms with van der Waals surface area (Å²) < 4.78 is 0. The number of likely N-dealkylation sites (N-methyl/N-ethyl adjacent to an activating group) is 1. The predicted octanol–water partition coefficient (Wildman–Crippen LogP) is 0.858. The minimum Gasteiger partial charge on any atom is -0.316 e. The maximum atomic E-state index is 4.00. The van der Waals surface area contributed by atoms with Gasteiger partial charge in [-0.3, -0.25) is 4.90 Å². The standard InChI is InChI=1S/C9H18N2/c1-9(7-10-2)8-11-5-3-4-6-11/h10H,1,3-8H2,2H3. The van der Waals surface area contributed by atoms with Crippen molar-refractivity contribution in [3.63, 3.8) is 0 Å². The average Bonchev–Trinajstić information content (AvgIpc) is 2.40. The van der Waals surface area contributed by atoms with E-state index in [1.54, 1.807) is 0 Å². The molecule has 0 saturated carbocycles. The predicted molar refractivity (Wildman–Crippen MR) is 48.7 cm³/mol. The smallest absolute Gasteiger partial charge is 0.0202 e. The van der Waals surface area contributed by atoms with Gasteiger partial charge in [0.2, 0.25) is 0 Å². The third-order valence-corrected chi connectivity index (χ3v) is 2.07. The van der Waals surface area contributed by atoms with Crippen LogP contribution in [-0.4, -0.2) is 38.1 Å². The second-order valence-electron chi connectivity index (χ2n) is 3.26. The van der Waals surface area contributed by atoms with Crippen LogP contribution in [0.4, 0.5) is 0 Å². The van der Waals surface area contributed by atoms with Gasteiger partial charge in [0.1, 0.15) is 0 Å². The van der Waals surface area contributed by atoms with E-state index in [9.17, 15) is 0 Å². The lowest BCUT2D eigenvalue weighted by Gasteiger charge is -2.15. The van der Waals surface area contributed by atoms with Gasteiger partial charge in [0.15, 0.2) is 0 Å². The molecule has 0 aromatic carbocycles. The normalized spacial score (nSPS) is 19.0. The molecule has 1 aliphatic rings. The Hall–Kier alpha value is -0.340. The van der Waals surface area contributed by atoms with Gasteiger partial charge in [-0.15, -0.1) is 0 Å². The Labute approximate surface area is 69.3 Å². The monoisotopic (exact) mass is 154 g/mol. The fourth-order valence-corrected chi connectivity index (χ4v) is 1.56. The molecule has 0 aliphatic carbocycles. The highest BCUT2D eigenvalue weighted by Gasteiger charge is 2.11. The first kappa shape index (κ1) is 8.75. The van der Waals surface area contributed by atoms with E-state index in [-0.39, 0.29) is 0 Å². The summed E-state index contributed by atoms with van der Waals surface area (Å²) in [7, 11) is 1.97. The first-order valence-electron chi connectivity index (χ1n) is 4.36. The van der Waals surface area contributed by atoms with Gasteiger partial charge in [-0.1, -0.05) is 6.58 Å². The first-order valence-corrected chi connectivity index (χ1v) is 4.36. The van der Waals surface area contributed by atoms with E-state index in [4.69, 9.17) is 0 Å². The van der Waals surface area contributed by atoms with Gasteiger partial charge >= 0.3 is 0 Å². The van der Waals surface area contributed by atoms with Crippen molar-refractivity contribution in [3.8, 4) is 0 Å². The minimum atomic E-state index is 0.955. The van der Waals surface area contributed by atoms with E-state index < -0.39 is 0 Å². The van der Waals surface area contributed by atoms with Gasteiger partial charge in [0.05, 0.1) is 0 Å². The number of hydrogen-bond acceptors (Lipinski definition) is 2. The van der Waals surface area contributed by atoms with Gasteiger partial charge in [0.25, 0.3) is 0 Å². The van der Waals surface area contributed by atoms with Crippen molar-refractivity contribution in [1.82, 2.24) is 10.2 Å². The molecular formula is C9H18N2. The quantitative estimate of drug-likeness (QED) is 0.604. The molecule has 1 rings (SSSR count). The van der Waals surface area contributed by atoms with Crippen LogP contribution in [0.2, 0.25) is 0 Å². The van der Waals surface area contributed by atoms with E-state index in [2.05, 4.69) is 16.8 Å². The Kier molecular flexibility index (Phi) is 3.60. The Morgan fingerprint density at radius 2 is 2.09 bits per heavy atom. The van der Waals surface area contributed by atoms with Crippen molar-refractivity contribution in [1.29, 1.82) is 0 Å². The topological polar surface area (TPSA) is 15.3 Å². The number of likely N-dealkylation sites (tertiary alicyclic amines) is 1. The van der Waals surface area contributed by atoms with Crippen LogP contribution in [0.15, 0.2) is 12.2 Å². The fourth-order valence-electron chi connectivity index (χ4n) is 1.56. The van der Waals surface area contributed by atoms with Crippen molar-refractivity contribution in [2.45, 2.75) is 12.8 Å². The van der Waals surface area contributed by atoms with Crippen molar-refractivity contribution < 1.29 is 0 Å². The van der Waals surface area contributed by atoms with E-state index >= 15 is 0 Å². The second-order valence-corrected chi connectivity index (χ2v) is 3.26. The van der Waals surface area contributed by atoms with Crippen LogP contribution >= 0.6 is 0 Å². The van der Waals surface area contributed by atoms with Gasteiger partial charge in [-0.05, 0) is 38.6 Å². The summed E-state index contributed by atoms with van der Waals surface area (Å²) in [5, 5.41) is 3.12. The Morgan fingerprint density at radius 3 is 2.64 bits per heavy atom. The number of nitrogens with zero attached hydrogens (tertiary/aromatic N) is 1. The molecule has 0 aromatic rings. The van der Waals surface area contributed by atoms with E-state index in [1.807, 2.05) is 7.05 Å². The molecule has 1 fully saturated rings. The fraction of sp³-hybridized carbons (Fsp3) is 0.778. The van der Waals surface area contributed by atoms with Crippen molar-refractivity contribution >= 4 is 0 Å². The van der Waals surface area contributed by atoms with E-state index in [0.29, 0.717) is 0 Å². The highest BCUT2D eigenvalue weighted by molar-refractivity contribution is 4.99. The lowest BCUT2D eigenvalue weighted by molar-refractivity contribution is 0.366. The molecule has 0 bridgehead atoms. The lowest BCUT2D eigenvalue weighted by Crippen LogP contribution is -2.25. The molecular weight excluding hydrogens is 136 g/mol. The van der Waals surface area contributed by atoms with Crippen LogP contribution in [-0.2, 0) is 0 Å². The molecule has 0 amide bonds. The third-order valence-electron chi connectivity index (χ3n) is 2.07. The lowest BCUT2D eigenvalue weighted by atomic mass is 10.3. The summed E-state index contributed by atoms with van der Waals surface area (Å²) in [6, 6.07) is 0. The molecule has 2 heteroatoms. The summed E-state index contributed by atoms with van der Waals surface area (Å²) in [6.07, 6.45) is 2.74. The molecule has 1 N–H and O–H groups in total. The highest BCUT2D eigenvalue weighted by Crippen LogP contribution is 2.08. The second kappa shape index (κ2) is 4.52. The Bertz CT molecular complexity index is 126. The van der Waals surface area contributed by atoms with Gasteiger partial charge < -0.3 is 5.32 Å². The summed E-state index contributed by atoms with van der Waals surface area (Å²) >= 11 is 0. The largest absolute Gasteiger partial charge is 0.316 e. The average molecular weight is 154 g/mol. The maximum absolute atomic E-state index is 4.00. The van der Waals surface area contributed by atoms with Crippen LogP contribution in [0.25, 0.3) is 0 Å². The van der Waals surface area contributed by atoms with Crippen molar-refractivity contribution in [2.24, 2.45) is 0 Å². The summed E-state index contributed by atoms with van der Waals surface area (Å²) in [4.78, 5) is 2.47. The van der Waals surface area contributed by atoms with Gasteiger partial charge in [-0.25, -0.2) is 0 Å². The molecule has 2 nitrogen and oxygen atoms in total. The molecule has 64 valence electrons. The Balaban J connectivity index is 2.13. The molecule has 0 spiro atoms. The summed E-state index contributed by atoms with van der Waals surface area (Å²) in [6.45, 7) is 8.58. The molecule has 1 heterocycles. The molecule has 1 aliphatic heterocycles. The van der Waals surface area contributed by atoms with E-state index in [0.717, 1.165) is 13.1 Å². The van der Waals surface area contributed by atoms with Crippen LogP contribution in [0.1, 0.15) is 12.8 Å². The van der Waals surface area contributed by atoms with Gasteiger partial charge in [0, 0.05) is 13.1 Å². The summed E-state index contributed by atoms with van der Waals surface area (Å²) in [5.41, 5.74) is 1.30. The summed E-state index contributed by atoms with van der Waals surface area (Å²) in [5.74, 6) is 0. The Morgan fingerprint density at radius 1 is 1.45 bits per heavy atom. The molecule has 0 aromatic heterocycles. The zero-order valence-electron chi connectivity index (χ0n) is 7.40. The number of nitrogens with one attached hydrogen (secondary N) is 1. The zero-order valence-corrected chi connectivity index (χ0v) is 7.40. The van der Waals surface area contributed by atoms with E-state index in [1.165, 1.54) is 31.5 Å². The maximum Gasteiger partial charge on any atom is 0.0202 e. The molecule has 1 saturated heterocycles. The van der Waals surface area contributed by atoms with Crippen LogP contribution in [0.3, 0.4) is 0 Å². The molecule has 0 radical (unpaired) electrons.